The van der Waals surface area contributed by atoms with E-state index in [4.69, 9.17) is 5.73 Å². The van der Waals surface area contributed by atoms with Crippen LogP contribution < -0.4 is 5.73 Å². The lowest BCUT2D eigenvalue weighted by Crippen LogP contribution is -2.13. The molecule has 0 atom stereocenters. The van der Waals surface area contributed by atoms with Crippen LogP contribution in [0.3, 0.4) is 0 Å². The number of fused-ring (bicyclic) bond motifs is 1. The first-order valence-electron chi connectivity index (χ1n) is 9.33. The standard InChI is InChI=1S/C13H12F3N3.C6H8FN3O/c14-13(15,16)12-7-9(4-5-17-12)11-8-10-3-1-2-6-19(10)18-11;1-2-3-4(7)5(6(8)11)10-9-3/h4-5,7-8H,1-3,6H2;2H2,1H3,(H2,8,11)(H,9,10). The van der Waals surface area contributed by atoms with Crippen LogP contribution in [0, 0.1) is 5.82 Å². The average molecular weight is 424 g/mol. The van der Waals surface area contributed by atoms with Crippen LogP contribution in [-0.4, -0.2) is 30.9 Å². The molecular weight excluding hydrogens is 404 g/mol. The van der Waals surface area contributed by atoms with Gasteiger partial charge < -0.3 is 5.73 Å². The van der Waals surface area contributed by atoms with Crippen LogP contribution in [0.5, 0.6) is 0 Å². The van der Waals surface area contributed by atoms with E-state index in [1.54, 1.807) is 13.0 Å². The SMILES string of the molecule is CCc1[nH]nc(C(N)=O)c1F.FC(F)(F)c1cc(-c2cc3n(n2)CCCC3)ccn1. The Morgan fingerprint density at radius 1 is 1.30 bits per heavy atom. The van der Waals surface area contributed by atoms with Crippen molar-refractivity contribution in [1.82, 2.24) is 25.0 Å². The van der Waals surface area contributed by atoms with Gasteiger partial charge in [-0.25, -0.2) is 4.39 Å². The molecule has 1 aliphatic rings. The highest BCUT2D eigenvalue weighted by Crippen LogP contribution is 2.30. The summed E-state index contributed by atoms with van der Waals surface area (Å²) in [5.74, 6) is -1.49. The molecule has 1 aliphatic heterocycles. The van der Waals surface area contributed by atoms with Crippen molar-refractivity contribution >= 4 is 5.91 Å². The average Bonchev–Trinajstić information content (AvgIpc) is 3.31. The number of hydrogen-bond acceptors (Lipinski definition) is 4. The summed E-state index contributed by atoms with van der Waals surface area (Å²) >= 11 is 0. The molecule has 3 aromatic heterocycles. The van der Waals surface area contributed by atoms with Gasteiger partial charge in [-0.3, -0.25) is 19.6 Å². The van der Waals surface area contributed by atoms with Crippen LogP contribution in [-0.2, 0) is 25.6 Å². The summed E-state index contributed by atoms with van der Waals surface area (Å²) in [6, 6.07) is 4.48. The number of hydrogen-bond donors (Lipinski definition) is 2. The normalized spacial score (nSPS) is 13.4. The number of aryl methyl sites for hydroxylation is 3. The minimum Gasteiger partial charge on any atom is -0.364 e. The summed E-state index contributed by atoms with van der Waals surface area (Å²) in [5, 5.41) is 10.2. The fraction of sp³-hybridized carbons (Fsp3) is 0.368. The quantitative estimate of drug-likeness (QED) is 0.628. The molecule has 0 bridgehead atoms. The molecule has 7 nitrogen and oxygen atoms in total. The van der Waals surface area contributed by atoms with Crippen molar-refractivity contribution in [1.29, 1.82) is 0 Å². The maximum atomic E-state index is 12.9. The number of pyridine rings is 1. The number of nitrogens with two attached hydrogens (primary N) is 1. The Kier molecular flexibility index (Phi) is 6.18. The van der Waals surface area contributed by atoms with Crippen molar-refractivity contribution in [2.75, 3.05) is 0 Å². The third-order valence-corrected chi connectivity index (χ3v) is 4.62. The summed E-state index contributed by atoms with van der Waals surface area (Å²) < 4.78 is 52.6. The highest BCUT2D eigenvalue weighted by atomic mass is 19.4. The Labute approximate surface area is 169 Å². The lowest BCUT2D eigenvalue weighted by molar-refractivity contribution is -0.141. The number of nitrogens with one attached hydrogen (secondary N) is 1. The van der Waals surface area contributed by atoms with Crippen LogP contribution >= 0.6 is 0 Å². The first-order valence-corrected chi connectivity index (χ1v) is 9.33. The van der Waals surface area contributed by atoms with E-state index in [1.165, 1.54) is 6.20 Å². The second-order valence-electron chi connectivity index (χ2n) is 6.71. The molecule has 1 amide bonds. The number of carbonyl (C=O) groups is 1. The Morgan fingerprint density at radius 3 is 2.63 bits per heavy atom. The predicted molar refractivity (Wildman–Crippen MR) is 99.8 cm³/mol. The summed E-state index contributed by atoms with van der Waals surface area (Å²) in [7, 11) is 0. The van der Waals surface area contributed by atoms with Crippen molar-refractivity contribution < 1.29 is 22.4 Å². The van der Waals surface area contributed by atoms with Gasteiger partial charge in [0.1, 0.15) is 5.69 Å². The fourth-order valence-corrected chi connectivity index (χ4v) is 3.07. The summed E-state index contributed by atoms with van der Waals surface area (Å²) in [6.45, 7) is 2.59. The number of carbonyl (C=O) groups excluding carboxylic acids is 1. The maximum Gasteiger partial charge on any atom is 0.433 e. The number of alkyl halides is 3. The number of H-pyrrole nitrogens is 1. The summed E-state index contributed by atoms with van der Waals surface area (Å²) in [6.07, 6.45) is 0.329. The zero-order valence-electron chi connectivity index (χ0n) is 16.1. The van der Waals surface area contributed by atoms with E-state index in [9.17, 15) is 22.4 Å². The van der Waals surface area contributed by atoms with E-state index in [0.29, 0.717) is 23.4 Å². The lowest BCUT2D eigenvalue weighted by atomic mass is 10.1. The third-order valence-electron chi connectivity index (χ3n) is 4.62. The smallest absolute Gasteiger partial charge is 0.364 e. The number of halogens is 4. The number of rotatable bonds is 3. The molecule has 0 saturated carbocycles. The molecular formula is C19H20F4N6O. The number of nitrogens with zero attached hydrogens (tertiary/aromatic N) is 4. The number of aromatic nitrogens is 5. The Bertz CT molecular complexity index is 1020. The number of aromatic amines is 1. The predicted octanol–water partition coefficient (Wildman–Crippen LogP) is 3.51. The van der Waals surface area contributed by atoms with Crippen LogP contribution in [0.25, 0.3) is 11.3 Å². The van der Waals surface area contributed by atoms with Gasteiger partial charge in [0.2, 0.25) is 0 Å². The van der Waals surface area contributed by atoms with E-state index >= 15 is 0 Å². The molecule has 4 heterocycles. The number of amides is 1. The fourth-order valence-electron chi connectivity index (χ4n) is 3.07. The van der Waals surface area contributed by atoms with Gasteiger partial charge >= 0.3 is 6.18 Å². The van der Waals surface area contributed by atoms with Gasteiger partial charge in [0, 0.05) is 24.0 Å². The molecule has 0 fully saturated rings. The minimum absolute atomic E-state index is 0.304. The van der Waals surface area contributed by atoms with Crippen molar-refractivity contribution in [2.24, 2.45) is 5.73 Å². The minimum atomic E-state index is -4.42. The summed E-state index contributed by atoms with van der Waals surface area (Å²) in [5.41, 5.74) is 6.07. The molecule has 11 heteroatoms. The molecule has 0 saturated heterocycles. The van der Waals surface area contributed by atoms with E-state index in [-0.39, 0.29) is 5.69 Å². The van der Waals surface area contributed by atoms with Crippen LogP contribution in [0.4, 0.5) is 17.6 Å². The Morgan fingerprint density at radius 2 is 2.07 bits per heavy atom. The lowest BCUT2D eigenvalue weighted by Gasteiger charge is -2.11. The Hall–Kier alpha value is -3.24. The molecule has 3 N–H and O–H groups in total. The van der Waals surface area contributed by atoms with Gasteiger partial charge in [0.25, 0.3) is 5.91 Å². The first-order chi connectivity index (χ1) is 14.2. The van der Waals surface area contributed by atoms with Crippen molar-refractivity contribution in [2.45, 2.75) is 45.3 Å². The van der Waals surface area contributed by atoms with Crippen LogP contribution in [0.1, 0.15) is 47.3 Å². The monoisotopic (exact) mass is 424 g/mol. The van der Waals surface area contributed by atoms with E-state index in [2.05, 4.69) is 20.3 Å². The topological polar surface area (TPSA) is 102 Å². The molecule has 30 heavy (non-hydrogen) atoms. The zero-order chi connectivity index (χ0) is 21.9. The van der Waals surface area contributed by atoms with Crippen LogP contribution in [0.2, 0.25) is 0 Å². The molecule has 0 unspecified atom stereocenters. The van der Waals surface area contributed by atoms with Crippen LogP contribution in [0.15, 0.2) is 24.4 Å². The molecule has 4 rings (SSSR count). The molecule has 160 valence electrons. The second kappa shape index (κ2) is 8.64. The molecule has 0 aromatic carbocycles. The first kappa shape index (κ1) is 21.5. The van der Waals surface area contributed by atoms with E-state index < -0.39 is 23.6 Å². The summed E-state index contributed by atoms with van der Waals surface area (Å²) in [4.78, 5) is 13.8. The number of primary amides is 1. The molecule has 0 aliphatic carbocycles. The van der Waals surface area contributed by atoms with Crippen molar-refractivity contribution in [3.05, 3.63) is 53.0 Å². The van der Waals surface area contributed by atoms with E-state index in [0.717, 1.165) is 37.6 Å². The molecule has 0 radical (unpaired) electrons. The molecule has 0 spiro atoms. The van der Waals surface area contributed by atoms with E-state index in [1.807, 2.05) is 10.7 Å². The maximum absolute atomic E-state index is 12.9. The van der Waals surface area contributed by atoms with Gasteiger partial charge in [0.05, 0.1) is 11.4 Å². The van der Waals surface area contributed by atoms with Gasteiger partial charge in [-0.1, -0.05) is 6.92 Å². The highest BCUT2D eigenvalue weighted by Gasteiger charge is 2.32. The third kappa shape index (κ3) is 4.66. The van der Waals surface area contributed by atoms with Crippen molar-refractivity contribution in [3.8, 4) is 11.3 Å². The van der Waals surface area contributed by atoms with Gasteiger partial charge in [-0.15, -0.1) is 0 Å². The Balaban J connectivity index is 0.000000199. The van der Waals surface area contributed by atoms with Gasteiger partial charge in [-0.05, 0) is 43.9 Å². The van der Waals surface area contributed by atoms with Gasteiger partial charge in [0.15, 0.2) is 11.5 Å². The second-order valence-corrected chi connectivity index (χ2v) is 6.71. The molecule has 3 aromatic rings. The van der Waals surface area contributed by atoms with Gasteiger partial charge in [-0.2, -0.15) is 23.4 Å². The van der Waals surface area contributed by atoms with Crippen molar-refractivity contribution in [3.63, 3.8) is 0 Å². The highest BCUT2D eigenvalue weighted by molar-refractivity contribution is 5.91. The zero-order valence-corrected chi connectivity index (χ0v) is 16.1. The largest absolute Gasteiger partial charge is 0.433 e.